The van der Waals surface area contributed by atoms with Gasteiger partial charge in [0.1, 0.15) is 11.6 Å². The van der Waals surface area contributed by atoms with E-state index in [9.17, 15) is 9.18 Å². The Morgan fingerprint density at radius 2 is 2.24 bits per heavy atom. The molecule has 0 spiro atoms. The van der Waals surface area contributed by atoms with Gasteiger partial charge in [-0.25, -0.2) is 4.39 Å². The Hall–Kier alpha value is -1.58. The van der Waals surface area contributed by atoms with Crippen molar-refractivity contribution in [2.24, 2.45) is 0 Å². The summed E-state index contributed by atoms with van der Waals surface area (Å²) in [7, 11) is 0. The lowest BCUT2D eigenvalue weighted by atomic mass is 9.80. The fraction of sp³-hybridized carbons (Fsp3) is 0.462. The van der Waals surface area contributed by atoms with Gasteiger partial charge in [0.15, 0.2) is 0 Å². The maximum Gasteiger partial charge on any atom is 0.304 e. The van der Waals surface area contributed by atoms with Crippen molar-refractivity contribution < 1.29 is 19.0 Å². The largest absolute Gasteiger partial charge is 0.493 e. The monoisotopic (exact) mass is 238 g/mol. The Balaban J connectivity index is 2.51. The normalized spacial score (nSPS) is 14.3. The van der Waals surface area contributed by atoms with E-state index in [2.05, 4.69) is 0 Å². The Bertz CT molecular complexity index is 466. The van der Waals surface area contributed by atoms with Crippen LogP contribution in [0.3, 0.4) is 0 Å². The van der Waals surface area contributed by atoms with Crippen molar-refractivity contribution in [1.82, 2.24) is 0 Å². The van der Waals surface area contributed by atoms with Gasteiger partial charge < -0.3 is 9.84 Å². The SMILES string of the molecule is CC(C)(CC(=O)O)c1c(F)ccc2c1OCC2. The summed E-state index contributed by atoms with van der Waals surface area (Å²) in [5, 5.41) is 8.89. The molecule has 1 aromatic carbocycles. The molecule has 92 valence electrons. The van der Waals surface area contributed by atoms with E-state index in [1.807, 2.05) is 0 Å². The fourth-order valence-corrected chi connectivity index (χ4v) is 2.32. The van der Waals surface area contributed by atoms with Gasteiger partial charge in [-0.1, -0.05) is 19.9 Å². The van der Waals surface area contributed by atoms with E-state index in [1.165, 1.54) is 6.07 Å². The Morgan fingerprint density at radius 1 is 1.53 bits per heavy atom. The smallest absolute Gasteiger partial charge is 0.304 e. The molecule has 0 atom stereocenters. The number of aliphatic carboxylic acids is 1. The van der Waals surface area contributed by atoms with E-state index in [-0.39, 0.29) is 6.42 Å². The summed E-state index contributed by atoms with van der Waals surface area (Å²) in [6.07, 6.45) is 0.634. The van der Waals surface area contributed by atoms with Crippen LogP contribution in [-0.4, -0.2) is 17.7 Å². The van der Waals surface area contributed by atoms with E-state index in [0.717, 1.165) is 12.0 Å². The molecule has 0 aromatic heterocycles. The molecule has 0 fully saturated rings. The number of ether oxygens (including phenoxy) is 1. The molecular formula is C13H15FO3. The standard InChI is InChI=1S/C13H15FO3/c1-13(2,7-10(15)16)11-9(14)4-3-8-5-6-17-12(8)11/h3-4H,5-7H2,1-2H3,(H,15,16). The molecule has 0 amide bonds. The second-order valence-corrected chi connectivity index (χ2v) is 4.96. The molecular weight excluding hydrogens is 223 g/mol. The number of carboxylic acid groups (broad SMARTS) is 1. The Morgan fingerprint density at radius 3 is 2.88 bits per heavy atom. The number of fused-ring (bicyclic) bond motifs is 1. The minimum absolute atomic E-state index is 0.121. The van der Waals surface area contributed by atoms with E-state index >= 15 is 0 Å². The van der Waals surface area contributed by atoms with Crippen LogP contribution >= 0.6 is 0 Å². The predicted octanol–water partition coefficient (Wildman–Crippen LogP) is 2.51. The molecule has 2 rings (SSSR count). The van der Waals surface area contributed by atoms with Crippen molar-refractivity contribution in [2.45, 2.75) is 32.1 Å². The first-order valence-electron chi connectivity index (χ1n) is 5.58. The van der Waals surface area contributed by atoms with E-state index in [4.69, 9.17) is 9.84 Å². The molecule has 1 heterocycles. The number of hydrogen-bond acceptors (Lipinski definition) is 2. The number of rotatable bonds is 3. The van der Waals surface area contributed by atoms with Gasteiger partial charge in [-0.05, 0) is 11.6 Å². The van der Waals surface area contributed by atoms with Crippen LogP contribution in [0.1, 0.15) is 31.4 Å². The summed E-state index contributed by atoms with van der Waals surface area (Å²) < 4.78 is 19.4. The molecule has 1 aliphatic rings. The highest BCUT2D eigenvalue weighted by atomic mass is 19.1. The topological polar surface area (TPSA) is 46.5 Å². The van der Waals surface area contributed by atoms with Gasteiger partial charge in [-0.15, -0.1) is 0 Å². The second kappa shape index (κ2) is 4.02. The molecule has 0 saturated carbocycles. The number of halogens is 1. The highest BCUT2D eigenvalue weighted by Gasteiger charge is 2.33. The van der Waals surface area contributed by atoms with E-state index in [0.29, 0.717) is 17.9 Å². The lowest BCUT2D eigenvalue weighted by Crippen LogP contribution is -2.24. The highest BCUT2D eigenvalue weighted by Crippen LogP contribution is 2.40. The van der Waals surface area contributed by atoms with Gasteiger partial charge in [-0.2, -0.15) is 0 Å². The summed E-state index contributed by atoms with van der Waals surface area (Å²) >= 11 is 0. The minimum atomic E-state index is -0.940. The van der Waals surface area contributed by atoms with Crippen LogP contribution in [0.25, 0.3) is 0 Å². The van der Waals surface area contributed by atoms with Crippen LogP contribution in [0.5, 0.6) is 5.75 Å². The molecule has 3 nitrogen and oxygen atoms in total. The molecule has 0 unspecified atom stereocenters. The summed E-state index contributed by atoms with van der Waals surface area (Å²) in [6, 6.07) is 3.10. The molecule has 0 saturated heterocycles. The average Bonchev–Trinajstić information content (AvgIpc) is 2.61. The maximum absolute atomic E-state index is 13.9. The lowest BCUT2D eigenvalue weighted by molar-refractivity contribution is -0.138. The lowest BCUT2D eigenvalue weighted by Gasteiger charge is -2.25. The third kappa shape index (κ3) is 2.12. The molecule has 1 N–H and O–H groups in total. The second-order valence-electron chi connectivity index (χ2n) is 4.96. The first-order valence-corrected chi connectivity index (χ1v) is 5.58. The molecule has 4 heteroatoms. The first kappa shape index (κ1) is 11.9. The number of benzene rings is 1. The first-order chi connectivity index (χ1) is 7.92. The van der Waals surface area contributed by atoms with Crippen LogP contribution in [-0.2, 0) is 16.6 Å². The Kier molecular flexibility index (Phi) is 2.81. The highest BCUT2D eigenvalue weighted by molar-refractivity contribution is 5.69. The van der Waals surface area contributed by atoms with Crippen molar-refractivity contribution in [1.29, 1.82) is 0 Å². The van der Waals surface area contributed by atoms with Gasteiger partial charge in [0, 0.05) is 17.4 Å². The maximum atomic E-state index is 13.9. The predicted molar refractivity (Wildman–Crippen MR) is 60.9 cm³/mol. The fourth-order valence-electron chi connectivity index (χ4n) is 2.32. The van der Waals surface area contributed by atoms with Crippen molar-refractivity contribution in [3.63, 3.8) is 0 Å². The van der Waals surface area contributed by atoms with Gasteiger partial charge >= 0.3 is 5.97 Å². The molecule has 0 bridgehead atoms. The van der Waals surface area contributed by atoms with E-state index < -0.39 is 17.2 Å². The summed E-state index contributed by atoms with van der Waals surface area (Å²) in [5.74, 6) is -0.793. The molecule has 0 aliphatic carbocycles. The zero-order valence-corrected chi connectivity index (χ0v) is 9.92. The number of hydrogen-bond donors (Lipinski definition) is 1. The van der Waals surface area contributed by atoms with Gasteiger partial charge in [0.2, 0.25) is 0 Å². The van der Waals surface area contributed by atoms with Gasteiger partial charge in [0.05, 0.1) is 13.0 Å². The van der Waals surface area contributed by atoms with Crippen molar-refractivity contribution in [3.05, 3.63) is 29.1 Å². The van der Waals surface area contributed by atoms with Crippen LogP contribution < -0.4 is 4.74 Å². The zero-order valence-electron chi connectivity index (χ0n) is 9.92. The summed E-state index contributed by atoms with van der Waals surface area (Å²) in [6.45, 7) is 3.98. The quantitative estimate of drug-likeness (QED) is 0.880. The Labute approximate surface area is 99.2 Å². The number of carbonyl (C=O) groups is 1. The molecule has 1 aromatic rings. The zero-order chi connectivity index (χ0) is 12.6. The third-order valence-electron chi connectivity index (χ3n) is 3.08. The van der Waals surface area contributed by atoms with E-state index in [1.54, 1.807) is 19.9 Å². The average molecular weight is 238 g/mol. The number of carboxylic acids is 1. The third-order valence-corrected chi connectivity index (χ3v) is 3.08. The summed E-state index contributed by atoms with van der Waals surface area (Å²) in [4.78, 5) is 10.8. The van der Waals surface area contributed by atoms with Gasteiger partial charge in [0.25, 0.3) is 0 Å². The van der Waals surface area contributed by atoms with Crippen LogP contribution in [0.15, 0.2) is 12.1 Å². The van der Waals surface area contributed by atoms with Crippen molar-refractivity contribution in [2.75, 3.05) is 6.61 Å². The van der Waals surface area contributed by atoms with Crippen molar-refractivity contribution in [3.8, 4) is 5.75 Å². The van der Waals surface area contributed by atoms with Crippen LogP contribution in [0, 0.1) is 5.82 Å². The molecule has 17 heavy (non-hydrogen) atoms. The minimum Gasteiger partial charge on any atom is -0.493 e. The molecule has 1 aliphatic heterocycles. The van der Waals surface area contributed by atoms with Gasteiger partial charge in [-0.3, -0.25) is 4.79 Å². The van der Waals surface area contributed by atoms with Crippen molar-refractivity contribution >= 4 is 5.97 Å². The summed E-state index contributed by atoms with van der Waals surface area (Å²) in [5.41, 5.74) is 0.570. The molecule has 0 radical (unpaired) electrons. The van der Waals surface area contributed by atoms with Crippen LogP contribution in [0.4, 0.5) is 4.39 Å². The van der Waals surface area contributed by atoms with Crippen LogP contribution in [0.2, 0.25) is 0 Å².